The highest BCUT2D eigenvalue weighted by Crippen LogP contribution is 2.29. The maximum Gasteiger partial charge on any atom is 0.0493 e. The van der Waals surface area contributed by atoms with Crippen molar-refractivity contribution in [3.8, 4) is 0 Å². The van der Waals surface area contributed by atoms with Crippen molar-refractivity contribution in [2.75, 3.05) is 20.1 Å². The van der Waals surface area contributed by atoms with Gasteiger partial charge in [0.25, 0.3) is 0 Å². The third-order valence-corrected chi connectivity index (χ3v) is 5.17. The first-order valence-corrected chi connectivity index (χ1v) is 9.39. The Morgan fingerprint density at radius 1 is 0.760 bits per heavy atom. The molecule has 25 heavy (non-hydrogen) atoms. The number of halogens is 4. The molecule has 0 spiro atoms. The summed E-state index contributed by atoms with van der Waals surface area (Å²) in [6, 6.07) is 11.2. The predicted octanol–water partition coefficient (Wildman–Crippen LogP) is 7.10. The zero-order valence-corrected chi connectivity index (χ0v) is 16.7. The van der Waals surface area contributed by atoms with Crippen molar-refractivity contribution in [1.29, 1.82) is 0 Å². The average molecular weight is 413 g/mol. The van der Waals surface area contributed by atoms with Gasteiger partial charge >= 0.3 is 0 Å². The lowest BCUT2D eigenvalue weighted by atomic mass is 9.96. The Bertz CT molecular complexity index is 785. The van der Waals surface area contributed by atoms with E-state index in [1.165, 1.54) is 11.1 Å². The second-order valence-electron chi connectivity index (χ2n) is 6.29. The number of rotatable bonds is 2. The molecule has 0 atom stereocenters. The van der Waals surface area contributed by atoms with Crippen LogP contribution in [0.15, 0.2) is 47.5 Å². The summed E-state index contributed by atoms with van der Waals surface area (Å²) in [5, 5.41) is 2.62. The number of likely N-dealkylation sites (tertiary alicyclic amines) is 1. The lowest BCUT2D eigenvalue weighted by molar-refractivity contribution is 0.369. The van der Waals surface area contributed by atoms with Crippen molar-refractivity contribution in [2.45, 2.75) is 6.42 Å². The summed E-state index contributed by atoms with van der Waals surface area (Å²) in [6.07, 6.45) is 5.18. The van der Waals surface area contributed by atoms with Crippen molar-refractivity contribution in [2.24, 2.45) is 0 Å². The van der Waals surface area contributed by atoms with Gasteiger partial charge in [-0.15, -0.1) is 0 Å². The molecule has 1 saturated heterocycles. The van der Waals surface area contributed by atoms with Gasteiger partial charge in [0.2, 0.25) is 0 Å². The third-order valence-electron chi connectivity index (χ3n) is 4.04. The number of nitrogens with zero attached hydrogens (tertiary/aromatic N) is 1. The van der Waals surface area contributed by atoms with Crippen LogP contribution in [0.2, 0.25) is 20.1 Å². The molecule has 0 radical (unpaired) electrons. The number of piperidine rings is 1. The normalized spacial score (nSPS) is 18.9. The quantitative estimate of drug-likeness (QED) is 0.508. The van der Waals surface area contributed by atoms with Crippen LogP contribution in [0.1, 0.15) is 17.5 Å². The Kier molecular flexibility index (Phi) is 6.14. The van der Waals surface area contributed by atoms with Crippen LogP contribution in [0.3, 0.4) is 0 Å². The first kappa shape index (κ1) is 18.8. The molecule has 2 aromatic carbocycles. The lowest BCUT2D eigenvalue weighted by Crippen LogP contribution is -2.28. The summed E-state index contributed by atoms with van der Waals surface area (Å²) in [4.78, 5) is 2.27. The van der Waals surface area contributed by atoms with Gasteiger partial charge in [-0.25, -0.2) is 0 Å². The summed E-state index contributed by atoms with van der Waals surface area (Å²) in [6.45, 7) is 1.81. The topological polar surface area (TPSA) is 3.24 Å². The molecule has 1 aliphatic heterocycles. The molecule has 1 heterocycles. The predicted molar refractivity (Wildman–Crippen MR) is 111 cm³/mol. The second-order valence-corrected chi connectivity index (χ2v) is 7.97. The first-order chi connectivity index (χ1) is 11.9. The van der Waals surface area contributed by atoms with Gasteiger partial charge in [-0.2, -0.15) is 0 Å². The van der Waals surface area contributed by atoms with Gasteiger partial charge in [-0.05, 0) is 48.9 Å². The standard InChI is InChI=1S/C20H17Cl4N/c1-25-11-13(7-15-2-4-17(21)9-19(15)23)6-14(12-25)8-16-3-5-18(22)10-20(16)24/h2-5,7-10H,6,11-12H2,1H3. The molecule has 0 bridgehead atoms. The summed E-state index contributed by atoms with van der Waals surface area (Å²) < 4.78 is 0. The molecule has 3 rings (SSSR count). The molecule has 0 saturated carbocycles. The smallest absolute Gasteiger partial charge is 0.0493 e. The van der Waals surface area contributed by atoms with Crippen LogP contribution in [0.5, 0.6) is 0 Å². The van der Waals surface area contributed by atoms with E-state index in [1.54, 1.807) is 12.1 Å². The van der Waals surface area contributed by atoms with E-state index in [0.717, 1.165) is 30.6 Å². The molecule has 0 aromatic heterocycles. The highest BCUT2D eigenvalue weighted by atomic mass is 35.5. The number of hydrogen-bond acceptors (Lipinski definition) is 1. The van der Waals surface area contributed by atoms with Crippen LogP contribution in [0, 0.1) is 0 Å². The molecular formula is C20H17Cl4N. The van der Waals surface area contributed by atoms with Crippen LogP contribution in [-0.4, -0.2) is 25.0 Å². The van der Waals surface area contributed by atoms with Crippen molar-refractivity contribution in [3.05, 3.63) is 78.8 Å². The van der Waals surface area contributed by atoms with E-state index in [2.05, 4.69) is 24.1 Å². The summed E-state index contributed by atoms with van der Waals surface area (Å²) in [5.41, 5.74) is 4.57. The van der Waals surface area contributed by atoms with Gasteiger partial charge < -0.3 is 0 Å². The zero-order chi connectivity index (χ0) is 18.0. The summed E-state index contributed by atoms with van der Waals surface area (Å²) in [5.74, 6) is 0. The summed E-state index contributed by atoms with van der Waals surface area (Å²) in [7, 11) is 2.10. The molecule has 0 unspecified atom stereocenters. The fourth-order valence-corrected chi connectivity index (χ4v) is 3.95. The molecular weight excluding hydrogens is 396 g/mol. The van der Waals surface area contributed by atoms with E-state index >= 15 is 0 Å². The zero-order valence-electron chi connectivity index (χ0n) is 13.7. The molecule has 130 valence electrons. The number of likely N-dealkylation sites (N-methyl/N-ethyl adjacent to an activating group) is 1. The van der Waals surface area contributed by atoms with Crippen molar-refractivity contribution < 1.29 is 0 Å². The third kappa shape index (κ3) is 5.03. The number of benzene rings is 2. The Morgan fingerprint density at radius 3 is 1.60 bits per heavy atom. The van der Waals surface area contributed by atoms with Crippen LogP contribution in [0.4, 0.5) is 0 Å². The SMILES string of the molecule is CN1CC(=Cc2ccc(Cl)cc2Cl)CC(=Cc2ccc(Cl)cc2Cl)C1. The Hall–Kier alpha value is -0.960. The van der Waals surface area contributed by atoms with E-state index in [1.807, 2.05) is 24.3 Å². The highest BCUT2D eigenvalue weighted by molar-refractivity contribution is 6.36. The van der Waals surface area contributed by atoms with Crippen LogP contribution < -0.4 is 0 Å². The molecule has 0 aliphatic carbocycles. The average Bonchev–Trinajstić information content (AvgIpc) is 2.52. The molecule has 2 aromatic rings. The highest BCUT2D eigenvalue weighted by Gasteiger charge is 2.16. The Morgan fingerprint density at radius 2 is 1.20 bits per heavy atom. The van der Waals surface area contributed by atoms with Gasteiger partial charge in [0.1, 0.15) is 0 Å². The monoisotopic (exact) mass is 411 g/mol. The molecule has 1 nitrogen and oxygen atoms in total. The minimum Gasteiger partial charge on any atom is -0.298 e. The lowest BCUT2D eigenvalue weighted by Gasteiger charge is -2.27. The van der Waals surface area contributed by atoms with Crippen LogP contribution in [0.25, 0.3) is 12.2 Å². The largest absolute Gasteiger partial charge is 0.298 e. The Balaban J connectivity index is 1.88. The van der Waals surface area contributed by atoms with E-state index in [4.69, 9.17) is 46.4 Å². The minimum atomic E-state index is 0.644. The van der Waals surface area contributed by atoms with Gasteiger partial charge in [-0.3, -0.25) is 4.90 Å². The number of hydrogen-bond donors (Lipinski definition) is 0. The van der Waals surface area contributed by atoms with E-state index in [0.29, 0.717) is 20.1 Å². The van der Waals surface area contributed by atoms with E-state index in [9.17, 15) is 0 Å². The maximum atomic E-state index is 6.30. The van der Waals surface area contributed by atoms with Crippen molar-refractivity contribution >= 4 is 58.6 Å². The van der Waals surface area contributed by atoms with Crippen LogP contribution >= 0.6 is 46.4 Å². The minimum absolute atomic E-state index is 0.644. The second kappa shape index (κ2) is 8.16. The fraction of sp³-hybridized carbons (Fsp3) is 0.200. The van der Waals surface area contributed by atoms with Gasteiger partial charge in [0.05, 0.1) is 0 Å². The van der Waals surface area contributed by atoms with Gasteiger partial charge in [0.15, 0.2) is 0 Å². The van der Waals surface area contributed by atoms with E-state index < -0.39 is 0 Å². The van der Waals surface area contributed by atoms with Gasteiger partial charge in [-0.1, -0.05) is 81.8 Å². The molecule has 5 heteroatoms. The Labute approximate surface area is 168 Å². The molecule has 1 aliphatic rings. The maximum absolute atomic E-state index is 6.30. The fourth-order valence-electron chi connectivity index (χ4n) is 3.02. The van der Waals surface area contributed by atoms with E-state index in [-0.39, 0.29) is 0 Å². The first-order valence-electron chi connectivity index (χ1n) is 7.88. The van der Waals surface area contributed by atoms with Crippen LogP contribution in [-0.2, 0) is 0 Å². The summed E-state index contributed by atoms with van der Waals surface area (Å²) >= 11 is 24.6. The molecule has 0 amide bonds. The molecule has 1 fully saturated rings. The molecule has 0 N–H and O–H groups in total. The van der Waals surface area contributed by atoms with Crippen molar-refractivity contribution in [1.82, 2.24) is 4.90 Å². The van der Waals surface area contributed by atoms with Crippen molar-refractivity contribution in [3.63, 3.8) is 0 Å². The van der Waals surface area contributed by atoms with Gasteiger partial charge in [0, 0.05) is 33.2 Å².